The number of hydrogen-bond donors (Lipinski definition) is 3. The monoisotopic (exact) mass is 193 g/mol. The molecule has 1 aromatic rings. The van der Waals surface area contributed by atoms with Crippen LogP contribution in [0.1, 0.15) is 23.7 Å². The average Bonchev–Trinajstić information content (AvgIpc) is 2.14. The highest BCUT2D eigenvalue weighted by atomic mass is 16.1. The summed E-state index contributed by atoms with van der Waals surface area (Å²) >= 11 is 0. The lowest BCUT2D eigenvalue weighted by Crippen LogP contribution is -2.16. The van der Waals surface area contributed by atoms with Crippen molar-refractivity contribution < 1.29 is 4.79 Å². The summed E-state index contributed by atoms with van der Waals surface area (Å²) in [7, 11) is 0. The molecule has 4 nitrogen and oxygen atoms in total. The van der Waals surface area contributed by atoms with Gasteiger partial charge in [-0.15, -0.1) is 0 Å². The smallest absolute Gasteiger partial charge is 0.252 e. The maximum Gasteiger partial charge on any atom is 0.252 e. The Bertz CT molecular complexity index is 336. The molecular formula is C10H15N3O. The van der Waals surface area contributed by atoms with Crippen molar-refractivity contribution in [2.24, 2.45) is 5.73 Å². The SMILES string of the molecule is CCCNc1cccc(N)c1C(N)=O. The normalized spacial score (nSPS) is 9.79. The molecule has 0 aliphatic carbocycles. The van der Waals surface area contributed by atoms with Gasteiger partial charge in [0, 0.05) is 17.9 Å². The number of nitrogen functional groups attached to an aromatic ring is 1. The summed E-state index contributed by atoms with van der Waals surface area (Å²) < 4.78 is 0. The Morgan fingerprint density at radius 3 is 2.79 bits per heavy atom. The first-order chi connectivity index (χ1) is 6.66. The third kappa shape index (κ3) is 2.16. The second-order valence-corrected chi connectivity index (χ2v) is 3.06. The van der Waals surface area contributed by atoms with Crippen molar-refractivity contribution >= 4 is 17.3 Å². The number of carbonyl (C=O) groups excluding carboxylic acids is 1. The first-order valence-electron chi connectivity index (χ1n) is 4.59. The van der Waals surface area contributed by atoms with Gasteiger partial charge in [0.15, 0.2) is 0 Å². The molecule has 0 aliphatic heterocycles. The molecular weight excluding hydrogens is 178 g/mol. The van der Waals surface area contributed by atoms with Gasteiger partial charge >= 0.3 is 0 Å². The lowest BCUT2D eigenvalue weighted by molar-refractivity contribution is 0.100. The summed E-state index contributed by atoms with van der Waals surface area (Å²) in [5.41, 5.74) is 12.4. The molecule has 4 heteroatoms. The number of nitrogens with two attached hydrogens (primary N) is 2. The quantitative estimate of drug-likeness (QED) is 0.628. The van der Waals surface area contributed by atoms with Gasteiger partial charge in [0.25, 0.3) is 5.91 Å². The van der Waals surface area contributed by atoms with E-state index in [-0.39, 0.29) is 0 Å². The lowest BCUT2D eigenvalue weighted by Gasteiger charge is -2.10. The van der Waals surface area contributed by atoms with Crippen LogP contribution >= 0.6 is 0 Å². The van der Waals surface area contributed by atoms with Crippen molar-refractivity contribution in [3.63, 3.8) is 0 Å². The Morgan fingerprint density at radius 2 is 2.21 bits per heavy atom. The van der Waals surface area contributed by atoms with Gasteiger partial charge in [-0.3, -0.25) is 4.79 Å². The molecule has 0 spiro atoms. The molecule has 5 N–H and O–H groups in total. The van der Waals surface area contributed by atoms with E-state index in [1.54, 1.807) is 18.2 Å². The third-order valence-corrected chi connectivity index (χ3v) is 1.91. The van der Waals surface area contributed by atoms with E-state index in [1.807, 2.05) is 6.92 Å². The number of rotatable bonds is 4. The molecule has 0 unspecified atom stereocenters. The van der Waals surface area contributed by atoms with Crippen molar-refractivity contribution in [1.29, 1.82) is 0 Å². The van der Waals surface area contributed by atoms with Crippen molar-refractivity contribution in [3.8, 4) is 0 Å². The summed E-state index contributed by atoms with van der Waals surface area (Å²) in [6.45, 7) is 2.84. The fraction of sp³-hybridized carbons (Fsp3) is 0.300. The zero-order valence-electron chi connectivity index (χ0n) is 8.21. The van der Waals surface area contributed by atoms with Gasteiger partial charge in [-0.25, -0.2) is 0 Å². The number of primary amides is 1. The number of benzene rings is 1. The van der Waals surface area contributed by atoms with Crippen molar-refractivity contribution in [2.45, 2.75) is 13.3 Å². The zero-order valence-corrected chi connectivity index (χ0v) is 8.21. The van der Waals surface area contributed by atoms with Gasteiger partial charge in [-0.1, -0.05) is 13.0 Å². The maximum atomic E-state index is 11.1. The summed E-state index contributed by atoms with van der Waals surface area (Å²) in [6.07, 6.45) is 0.979. The van der Waals surface area contributed by atoms with Crippen LogP contribution in [-0.2, 0) is 0 Å². The van der Waals surface area contributed by atoms with Crippen molar-refractivity contribution in [2.75, 3.05) is 17.6 Å². The standard InChI is InChI=1S/C10H15N3O/c1-2-6-13-8-5-3-4-7(11)9(8)10(12)14/h3-5,13H,2,6,11H2,1H3,(H2,12,14). The molecule has 1 aromatic carbocycles. The van der Waals surface area contributed by atoms with E-state index >= 15 is 0 Å². The second-order valence-electron chi connectivity index (χ2n) is 3.06. The van der Waals surface area contributed by atoms with Gasteiger partial charge in [0.2, 0.25) is 0 Å². The Labute approximate surface area is 83.3 Å². The Balaban J connectivity index is 3.02. The lowest BCUT2D eigenvalue weighted by atomic mass is 10.1. The van der Waals surface area contributed by atoms with Gasteiger partial charge in [-0.05, 0) is 18.6 Å². The minimum atomic E-state index is -0.498. The van der Waals surface area contributed by atoms with E-state index in [0.29, 0.717) is 16.9 Å². The number of anilines is 2. The molecule has 0 aliphatic rings. The van der Waals surface area contributed by atoms with E-state index in [9.17, 15) is 4.79 Å². The summed E-state index contributed by atoms with van der Waals surface area (Å²) in [5, 5.41) is 3.10. The molecule has 0 aromatic heterocycles. The molecule has 1 rings (SSSR count). The van der Waals surface area contributed by atoms with Crippen LogP contribution in [0.25, 0.3) is 0 Å². The van der Waals surface area contributed by atoms with E-state index in [0.717, 1.165) is 13.0 Å². The molecule has 76 valence electrons. The van der Waals surface area contributed by atoms with Gasteiger partial charge in [-0.2, -0.15) is 0 Å². The van der Waals surface area contributed by atoms with E-state index in [2.05, 4.69) is 5.32 Å². The topological polar surface area (TPSA) is 81.1 Å². The first kappa shape index (κ1) is 10.4. The van der Waals surface area contributed by atoms with Crippen molar-refractivity contribution in [1.82, 2.24) is 0 Å². The van der Waals surface area contributed by atoms with E-state index in [1.165, 1.54) is 0 Å². The fourth-order valence-corrected chi connectivity index (χ4v) is 1.25. The molecule has 0 radical (unpaired) electrons. The number of carbonyl (C=O) groups is 1. The van der Waals surface area contributed by atoms with Crippen LogP contribution in [0.4, 0.5) is 11.4 Å². The second kappa shape index (κ2) is 4.50. The Kier molecular flexibility index (Phi) is 3.34. The van der Waals surface area contributed by atoms with Crippen LogP contribution in [0, 0.1) is 0 Å². The molecule has 0 saturated carbocycles. The van der Waals surface area contributed by atoms with Gasteiger partial charge < -0.3 is 16.8 Å². The van der Waals surface area contributed by atoms with Gasteiger partial charge in [0.1, 0.15) is 0 Å². The minimum absolute atomic E-state index is 0.376. The predicted octanol–water partition coefficient (Wildman–Crippen LogP) is 1.19. The van der Waals surface area contributed by atoms with Crippen LogP contribution in [0.15, 0.2) is 18.2 Å². The highest BCUT2D eigenvalue weighted by Gasteiger charge is 2.10. The summed E-state index contributed by atoms with van der Waals surface area (Å²) in [6, 6.07) is 5.25. The average molecular weight is 193 g/mol. The molecule has 0 bridgehead atoms. The highest BCUT2D eigenvalue weighted by Crippen LogP contribution is 2.21. The van der Waals surface area contributed by atoms with Crippen LogP contribution in [-0.4, -0.2) is 12.5 Å². The zero-order chi connectivity index (χ0) is 10.6. The van der Waals surface area contributed by atoms with Crippen LogP contribution in [0.5, 0.6) is 0 Å². The largest absolute Gasteiger partial charge is 0.398 e. The molecule has 0 fully saturated rings. The summed E-state index contributed by atoms with van der Waals surface area (Å²) in [4.78, 5) is 11.1. The minimum Gasteiger partial charge on any atom is -0.398 e. The number of amides is 1. The predicted molar refractivity (Wildman–Crippen MR) is 58.2 cm³/mol. The first-order valence-corrected chi connectivity index (χ1v) is 4.59. The van der Waals surface area contributed by atoms with Crippen LogP contribution in [0.3, 0.4) is 0 Å². The van der Waals surface area contributed by atoms with Crippen LogP contribution in [0.2, 0.25) is 0 Å². The highest BCUT2D eigenvalue weighted by molar-refractivity contribution is 6.03. The van der Waals surface area contributed by atoms with Gasteiger partial charge in [0.05, 0.1) is 5.56 Å². The number of hydrogen-bond acceptors (Lipinski definition) is 3. The third-order valence-electron chi connectivity index (χ3n) is 1.91. The van der Waals surface area contributed by atoms with Crippen molar-refractivity contribution in [3.05, 3.63) is 23.8 Å². The molecule has 14 heavy (non-hydrogen) atoms. The van der Waals surface area contributed by atoms with Crippen LogP contribution < -0.4 is 16.8 Å². The number of nitrogens with one attached hydrogen (secondary N) is 1. The molecule has 0 atom stereocenters. The maximum absolute atomic E-state index is 11.1. The fourth-order valence-electron chi connectivity index (χ4n) is 1.25. The molecule has 0 saturated heterocycles. The van der Waals surface area contributed by atoms with E-state index in [4.69, 9.17) is 11.5 Å². The summed E-state index contributed by atoms with van der Waals surface area (Å²) in [5.74, 6) is -0.498. The van der Waals surface area contributed by atoms with E-state index < -0.39 is 5.91 Å². The Morgan fingerprint density at radius 1 is 1.50 bits per heavy atom. The molecule has 1 amide bonds. The Hall–Kier alpha value is -1.71. The molecule has 0 heterocycles.